The summed E-state index contributed by atoms with van der Waals surface area (Å²) in [6.45, 7) is 2.11. The minimum atomic E-state index is 0.951. The molecule has 0 saturated carbocycles. The highest BCUT2D eigenvalue weighted by atomic mass is 16.5. The van der Waals surface area contributed by atoms with Gasteiger partial charge in [0.25, 0.3) is 0 Å². The molecule has 1 N–H and O–H groups in total. The molecule has 0 atom stereocenters. The molecule has 1 saturated heterocycles. The Hall–Kier alpha value is -1.28. The van der Waals surface area contributed by atoms with E-state index in [2.05, 4.69) is 17.5 Å². The van der Waals surface area contributed by atoms with Crippen molar-refractivity contribution in [3.8, 4) is 5.75 Å². The number of nitrogens with one attached hydrogen (secondary N) is 1. The van der Waals surface area contributed by atoms with Crippen molar-refractivity contribution in [2.24, 2.45) is 0 Å². The lowest BCUT2D eigenvalue weighted by Gasteiger charge is -2.04. The number of methoxy groups -OCH3 is 1. The average Bonchev–Trinajstić information content (AvgIpc) is 2.71. The van der Waals surface area contributed by atoms with Gasteiger partial charge >= 0.3 is 0 Å². The maximum absolute atomic E-state index is 5.29. The molecule has 1 heterocycles. The van der Waals surface area contributed by atoms with Crippen LogP contribution in [0.2, 0.25) is 0 Å². The second-order valence-corrected chi connectivity index (χ2v) is 3.47. The fraction of sp³-hybridized carbons (Fsp3) is 0.333. The molecule has 1 aliphatic rings. The van der Waals surface area contributed by atoms with Gasteiger partial charge in [0, 0.05) is 12.1 Å². The van der Waals surface area contributed by atoms with Gasteiger partial charge in [-0.2, -0.15) is 0 Å². The molecule has 1 aromatic carbocycles. The van der Waals surface area contributed by atoms with E-state index in [4.69, 9.17) is 4.74 Å². The molecule has 2 heteroatoms. The summed E-state index contributed by atoms with van der Waals surface area (Å²) in [5.41, 5.74) is 2.63. The zero-order chi connectivity index (χ0) is 9.80. The first kappa shape index (κ1) is 9.28. The highest BCUT2D eigenvalue weighted by Crippen LogP contribution is 2.21. The Balaban J connectivity index is 2.26. The smallest absolute Gasteiger partial charge is 0.126 e. The van der Waals surface area contributed by atoms with Gasteiger partial charge in [-0.05, 0) is 19.0 Å². The maximum Gasteiger partial charge on any atom is 0.126 e. The van der Waals surface area contributed by atoms with Crippen molar-refractivity contribution in [1.82, 2.24) is 5.32 Å². The molecular formula is C12H15NO. The monoisotopic (exact) mass is 189 g/mol. The van der Waals surface area contributed by atoms with Crippen molar-refractivity contribution in [1.29, 1.82) is 0 Å². The van der Waals surface area contributed by atoms with E-state index in [1.807, 2.05) is 18.2 Å². The molecule has 2 nitrogen and oxygen atoms in total. The van der Waals surface area contributed by atoms with Gasteiger partial charge in [0.15, 0.2) is 0 Å². The molecule has 0 unspecified atom stereocenters. The number of rotatable bonds is 2. The molecule has 0 radical (unpaired) electrons. The molecule has 74 valence electrons. The third-order valence-electron chi connectivity index (χ3n) is 2.47. The van der Waals surface area contributed by atoms with Crippen LogP contribution in [0.25, 0.3) is 6.08 Å². The first-order valence-electron chi connectivity index (χ1n) is 4.93. The summed E-state index contributed by atoms with van der Waals surface area (Å²) in [7, 11) is 1.71. The van der Waals surface area contributed by atoms with E-state index >= 15 is 0 Å². The summed E-state index contributed by atoms with van der Waals surface area (Å²) in [6, 6.07) is 8.12. The number of ether oxygens (including phenoxy) is 1. The number of hydrogen-bond acceptors (Lipinski definition) is 2. The van der Waals surface area contributed by atoms with Gasteiger partial charge in [-0.15, -0.1) is 0 Å². The maximum atomic E-state index is 5.29. The molecule has 0 spiro atoms. The zero-order valence-corrected chi connectivity index (χ0v) is 8.42. The SMILES string of the molecule is COc1ccccc1C=C1CCNC1. The number of hydrogen-bond donors (Lipinski definition) is 1. The molecular weight excluding hydrogens is 174 g/mol. The Morgan fingerprint density at radius 1 is 1.36 bits per heavy atom. The van der Waals surface area contributed by atoms with Gasteiger partial charge in [0.2, 0.25) is 0 Å². The van der Waals surface area contributed by atoms with Crippen LogP contribution in [0.5, 0.6) is 5.75 Å². The predicted molar refractivity (Wildman–Crippen MR) is 58.5 cm³/mol. The van der Waals surface area contributed by atoms with Crippen molar-refractivity contribution in [3.05, 3.63) is 35.4 Å². The first-order chi connectivity index (χ1) is 6.90. The van der Waals surface area contributed by atoms with Crippen molar-refractivity contribution < 1.29 is 4.74 Å². The van der Waals surface area contributed by atoms with Gasteiger partial charge in [-0.25, -0.2) is 0 Å². The molecule has 0 amide bonds. The van der Waals surface area contributed by atoms with Crippen LogP contribution in [0.3, 0.4) is 0 Å². The van der Waals surface area contributed by atoms with Crippen LogP contribution in [0, 0.1) is 0 Å². The van der Waals surface area contributed by atoms with Crippen LogP contribution in [-0.4, -0.2) is 20.2 Å². The van der Waals surface area contributed by atoms with Crippen LogP contribution >= 0.6 is 0 Å². The van der Waals surface area contributed by atoms with E-state index in [1.54, 1.807) is 7.11 Å². The largest absolute Gasteiger partial charge is 0.496 e. The molecule has 14 heavy (non-hydrogen) atoms. The highest BCUT2D eigenvalue weighted by Gasteiger charge is 2.06. The summed E-state index contributed by atoms with van der Waals surface area (Å²) < 4.78 is 5.29. The Labute approximate surface area is 84.6 Å². The number of para-hydroxylation sites is 1. The lowest BCUT2D eigenvalue weighted by atomic mass is 10.1. The summed E-state index contributed by atoms with van der Waals surface area (Å²) in [5, 5.41) is 3.32. The quantitative estimate of drug-likeness (QED) is 0.769. The third-order valence-corrected chi connectivity index (χ3v) is 2.47. The Morgan fingerprint density at radius 2 is 2.21 bits per heavy atom. The van der Waals surface area contributed by atoms with Crippen molar-refractivity contribution in [3.63, 3.8) is 0 Å². The van der Waals surface area contributed by atoms with Crippen LogP contribution in [0.1, 0.15) is 12.0 Å². The van der Waals surface area contributed by atoms with Gasteiger partial charge in [0.05, 0.1) is 7.11 Å². The summed E-state index contributed by atoms with van der Waals surface area (Å²) in [6.07, 6.45) is 3.37. The molecule has 1 aromatic rings. The zero-order valence-electron chi connectivity index (χ0n) is 8.42. The van der Waals surface area contributed by atoms with Crippen LogP contribution in [-0.2, 0) is 0 Å². The minimum Gasteiger partial charge on any atom is -0.496 e. The fourth-order valence-corrected chi connectivity index (χ4v) is 1.72. The van der Waals surface area contributed by atoms with E-state index in [0.29, 0.717) is 0 Å². The molecule has 1 fully saturated rings. The lowest BCUT2D eigenvalue weighted by Crippen LogP contribution is -2.04. The molecule has 0 bridgehead atoms. The van der Waals surface area contributed by atoms with E-state index in [0.717, 1.165) is 25.3 Å². The van der Waals surface area contributed by atoms with Gasteiger partial charge in [-0.3, -0.25) is 0 Å². The fourth-order valence-electron chi connectivity index (χ4n) is 1.72. The second kappa shape index (κ2) is 4.29. The Morgan fingerprint density at radius 3 is 2.93 bits per heavy atom. The third kappa shape index (κ3) is 1.96. The minimum absolute atomic E-state index is 0.951. The summed E-state index contributed by atoms with van der Waals surface area (Å²) in [5.74, 6) is 0.951. The Bertz CT molecular complexity index is 336. The summed E-state index contributed by atoms with van der Waals surface area (Å²) >= 11 is 0. The van der Waals surface area contributed by atoms with Gasteiger partial charge in [-0.1, -0.05) is 29.8 Å². The number of benzene rings is 1. The van der Waals surface area contributed by atoms with E-state index in [9.17, 15) is 0 Å². The topological polar surface area (TPSA) is 21.3 Å². The molecule has 2 rings (SSSR count). The predicted octanol–water partition coefficient (Wildman–Crippen LogP) is 2.07. The van der Waals surface area contributed by atoms with Gasteiger partial charge < -0.3 is 10.1 Å². The standard InChI is InChI=1S/C12H15NO/c1-14-12-5-3-2-4-11(12)8-10-6-7-13-9-10/h2-5,8,13H,6-7,9H2,1H3. The summed E-state index contributed by atoms with van der Waals surface area (Å²) in [4.78, 5) is 0. The van der Waals surface area contributed by atoms with Crippen LogP contribution in [0.15, 0.2) is 29.8 Å². The van der Waals surface area contributed by atoms with Crippen molar-refractivity contribution >= 4 is 6.08 Å². The highest BCUT2D eigenvalue weighted by molar-refractivity contribution is 5.60. The normalized spacial score (nSPS) is 18.8. The van der Waals surface area contributed by atoms with Gasteiger partial charge in [0.1, 0.15) is 5.75 Å². The molecule has 0 aliphatic carbocycles. The van der Waals surface area contributed by atoms with E-state index < -0.39 is 0 Å². The first-order valence-corrected chi connectivity index (χ1v) is 4.93. The van der Waals surface area contributed by atoms with Crippen molar-refractivity contribution in [2.45, 2.75) is 6.42 Å². The molecule has 0 aromatic heterocycles. The van der Waals surface area contributed by atoms with Crippen molar-refractivity contribution in [2.75, 3.05) is 20.2 Å². The van der Waals surface area contributed by atoms with E-state index in [-0.39, 0.29) is 0 Å². The second-order valence-electron chi connectivity index (χ2n) is 3.47. The average molecular weight is 189 g/mol. The van der Waals surface area contributed by atoms with E-state index in [1.165, 1.54) is 11.1 Å². The van der Waals surface area contributed by atoms with Crippen LogP contribution < -0.4 is 10.1 Å². The molecule has 1 aliphatic heterocycles. The Kier molecular flexibility index (Phi) is 2.84. The van der Waals surface area contributed by atoms with Crippen LogP contribution in [0.4, 0.5) is 0 Å². The lowest BCUT2D eigenvalue weighted by molar-refractivity contribution is 0.414.